The highest BCUT2D eigenvalue weighted by atomic mass is 16.5. The molecule has 1 saturated carbocycles. The summed E-state index contributed by atoms with van der Waals surface area (Å²) in [6.45, 7) is 2.29. The molecule has 0 saturated heterocycles. The summed E-state index contributed by atoms with van der Waals surface area (Å²) in [5.41, 5.74) is 2.75. The van der Waals surface area contributed by atoms with Gasteiger partial charge in [-0.2, -0.15) is 0 Å². The lowest BCUT2D eigenvalue weighted by atomic mass is 9.58. The van der Waals surface area contributed by atoms with Crippen LogP contribution in [0.4, 0.5) is 0 Å². The Balaban J connectivity index is 2.11. The van der Waals surface area contributed by atoms with Crippen molar-refractivity contribution in [2.45, 2.75) is 44.9 Å². The molecule has 2 heteroatoms. The predicted octanol–water partition coefficient (Wildman–Crippen LogP) is 3.48. The highest BCUT2D eigenvalue weighted by Crippen LogP contribution is 2.52. The molecule has 1 fully saturated rings. The van der Waals surface area contributed by atoms with Gasteiger partial charge in [-0.1, -0.05) is 13.0 Å². The minimum atomic E-state index is 0.102. The number of carbonyl (C=O) groups is 1. The van der Waals surface area contributed by atoms with Gasteiger partial charge in [-0.05, 0) is 54.4 Å². The topological polar surface area (TPSA) is 26.3 Å². The van der Waals surface area contributed by atoms with Crippen LogP contribution in [0.5, 0.6) is 5.75 Å². The Morgan fingerprint density at radius 3 is 2.89 bits per heavy atom. The highest BCUT2D eigenvalue weighted by Gasteiger charge is 2.45. The maximum Gasteiger partial charge on any atom is 0.140 e. The first-order valence-electron chi connectivity index (χ1n) is 6.83. The Bertz CT molecular complexity index is 492. The third kappa shape index (κ3) is 1.66. The van der Waals surface area contributed by atoms with E-state index < -0.39 is 0 Å². The molecule has 0 bridgehead atoms. The van der Waals surface area contributed by atoms with Crippen LogP contribution in [0.15, 0.2) is 18.2 Å². The van der Waals surface area contributed by atoms with Gasteiger partial charge in [-0.15, -0.1) is 0 Å². The largest absolute Gasteiger partial charge is 0.497 e. The molecule has 0 aliphatic heterocycles. The molecule has 0 amide bonds. The molecule has 2 nitrogen and oxygen atoms in total. The minimum absolute atomic E-state index is 0.102. The van der Waals surface area contributed by atoms with E-state index in [2.05, 4.69) is 19.1 Å². The van der Waals surface area contributed by atoms with E-state index in [0.29, 0.717) is 5.78 Å². The summed E-state index contributed by atoms with van der Waals surface area (Å²) in [6.07, 6.45) is 5.23. The van der Waals surface area contributed by atoms with Gasteiger partial charge in [0, 0.05) is 12.3 Å². The van der Waals surface area contributed by atoms with Gasteiger partial charge in [0.25, 0.3) is 0 Å². The summed E-state index contributed by atoms with van der Waals surface area (Å²) in [4.78, 5) is 12.4. The molecular formula is C16H20O2. The van der Waals surface area contributed by atoms with Gasteiger partial charge in [0.2, 0.25) is 0 Å². The van der Waals surface area contributed by atoms with E-state index in [1.54, 1.807) is 7.11 Å². The Hall–Kier alpha value is -1.31. The summed E-state index contributed by atoms with van der Waals surface area (Å²) in [5.74, 6) is 1.40. The van der Waals surface area contributed by atoms with Crippen LogP contribution < -0.4 is 4.74 Å². The lowest BCUT2D eigenvalue weighted by molar-refractivity contribution is -0.126. The molecule has 2 atom stereocenters. The monoisotopic (exact) mass is 244 g/mol. The van der Waals surface area contributed by atoms with E-state index in [4.69, 9.17) is 4.74 Å². The van der Waals surface area contributed by atoms with E-state index in [1.807, 2.05) is 6.07 Å². The Morgan fingerprint density at radius 1 is 1.28 bits per heavy atom. The van der Waals surface area contributed by atoms with Gasteiger partial charge in [0.15, 0.2) is 0 Å². The SMILES string of the molecule is COc1ccc2c(c1)[C@H]1C(=O)CCC[C@@]1(C)CC2. The fraction of sp³-hybridized carbons (Fsp3) is 0.562. The molecule has 2 aliphatic carbocycles. The fourth-order valence-electron chi connectivity index (χ4n) is 3.78. The molecular weight excluding hydrogens is 224 g/mol. The zero-order chi connectivity index (χ0) is 12.8. The van der Waals surface area contributed by atoms with Crippen LogP contribution in [-0.4, -0.2) is 12.9 Å². The zero-order valence-corrected chi connectivity index (χ0v) is 11.2. The molecule has 0 aromatic heterocycles. The summed E-state index contributed by atoms with van der Waals surface area (Å²) in [6, 6.07) is 6.23. The standard InChI is InChI=1S/C16H20O2/c1-16-8-3-4-14(17)15(16)13-10-12(18-2)6-5-11(13)7-9-16/h5-6,10,15H,3-4,7-9H2,1-2H3/t15-,16-/m0/s1. The summed E-state index contributed by atoms with van der Waals surface area (Å²) in [5, 5.41) is 0. The van der Waals surface area contributed by atoms with Gasteiger partial charge in [0.1, 0.15) is 11.5 Å². The van der Waals surface area contributed by atoms with Gasteiger partial charge in [-0.3, -0.25) is 4.79 Å². The molecule has 1 aromatic rings. The van der Waals surface area contributed by atoms with Gasteiger partial charge >= 0.3 is 0 Å². The highest BCUT2D eigenvalue weighted by molar-refractivity contribution is 5.88. The average molecular weight is 244 g/mol. The second-order valence-corrected chi connectivity index (χ2v) is 5.97. The van der Waals surface area contributed by atoms with Crippen LogP contribution in [-0.2, 0) is 11.2 Å². The van der Waals surface area contributed by atoms with Crippen molar-refractivity contribution in [3.8, 4) is 5.75 Å². The fourth-order valence-corrected chi connectivity index (χ4v) is 3.78. The van der Waals surface area contributed by atoms with E-state index in [0.717, 1.165) is 31.4 Å². The third-order valence-electron chi connectivity index (χ3n) is 4.82. The zero-order valence-electron chi connectivity index (χ0n) is 11.2. The van der Waals surface area contributed by atoms with Crippen LogP contribution in [0.25, 0.3) is 0 Å². The van der Waals surface area contributed by atoms with Crippen molar-refractivity contribution in [1.29, 1.82) is 0 Å². The van der Waals surface area contributed by atoms with Crippen molar-refractivity contribution in [3.63, 3.8) is 0 Å². The van der Waals surface area contributed by atoms with Gasteiger partial charge in [-0.25, -0.2) is 0 Å². The van der Waals surface area contributed by atoms with Crippen LogP contribution in [0.2, 0.25) is 0 Å². The first kappa shape index (κ1) is 11.8. The lowest BCUT2D eigenvalue weighted by Crippen LogP contribution is -2.39. The third-order valence-corrected chi connectivity index (χ3v) is 4.82. The first-order valence-corrected chi connectivity index (χ1v) is 6.83. The summed E-state index contributed by atoms with van der Waals surface area (Å²) in [7, 11) is 1.69. The van der Waals surface area contributed by atoms with Crippen molar-refractivity contribution < 1.29 is 9.53 Å². The number of aryl methyl sites for hydroxylation is 1. The predicted molar refractivity (Wildman–Crippen MR) is 71.0 cm³/mol. The van der Waals surface area contributed by atoms with Crippen LogP contribution in [0, 0.1) is 5.41 Å². The summed E-state index contributed by atoms with van der Waals surface area (Å²) < 4.78 is 5.32. The second-order valence-electron chi connectivity index (χ2n) is 5.97. The number of ether oxygens (including phenoxy) is 1. The normalized spacial score (nSPS) is 30.6. The molecule has 1 aromatic carbocycles. The molecule has 0 N–H and O–H groups in total. The number of rotatable bonds is 1. The van der Waals surface area contributed by atoms with E-state index in [1.165, 1.54) is 17.5 Å². The molecule has 0 unspecified atom stereocenters. The van der Waals surface area contributed by atoms with E-state index in [9.17, 15) is 4.79 Å². The van der Waals surface area contributed by atoms with Gasteiger partial charge < -0.3 is 4.74 Å². The summed E-state index contributed by atoms with van der Waals surface area (Å²) >= 11 is 0. The minimum Gasteiger partial charge on any atom is -0.497 e. The Labute approximate surface area is 108 Å². The van der Waals surface area contributed by atoms with Crippen molar-refractivity contribution in [3.05, 3.63) is 29.3 Å². The van der Waals surface area contributed by atoms with E-state index in [-0.39, 0.29) is 11.3 Å². The Morgan fingerprint density at radius 2 is 2.11 bits per heavy atom. The van der Waals surface area contributed by atoms with Crippen molar-refractivity contribution in [1.82, 2.24) is 0 Å². The molecule has 0 radical (unpaired) electrons. The van der Waals surface area contributed by atoms with E-state index >= 15 is 0 Å². The first-order chi connectivity index (χ1) is 8.64. The maximum atomic E-state index is 12.4. The Kier molecular flexibility index (Phi) is 2.69. The second kappa shape index (κ2) is 4.11. The quantitative estimate of drug-likeness (QED) is 0.756. The van der Waals surface area contributed by atoms with Crippen molar-refractivity contribution >= 4 is 5.78 Å². The molecule has 0 spiro atoms. The number of methoxy groups -OCH3 is 1. The van der Waals surface area contributed by atoms with Crippen LogP contribution in [0.3, 0.4) is 0 Å². The molecule has 0 heterocycles. The molecule has 96 valence electrons. The smallest absolute Gasteiger partial charge is 0.140 e. The molecule has 2 aliphatic rings. The average Bonchev–Trinajstić information content (AvgIpc) is 2.37. The molecule has 3 rings (SSSR count). The van der Waals surface area contributed by atoms with Crippen molar-refractivity contribution in [2.24, 2.45) is 5.41 Å². The number of fused-ring (bicyclic) bond motifs is 3. The van der Waals surface area contributed by atoms with Gasteiger partial charge in [0.05, 0.1) is 7.11 Å². The van der Waals surface area contributed by atoms with Crippen molar-refractivity contribution in [2.75, 3.05) is 7.11 Å². The van der Waals surface area contributed by atoms with Crippen LogP contribution in [0.1, 0.15) is 49.7 Å². The maximum absolute atomic E-state index is 12.4. The lowest BCUT2D eigenvalue weighted by Gasteiger charge is -2.45. The van der Waals surface area contributed by atoms with Crippen LogP contribution >= 0.6 is 0 Å². The number of carbonyl (C=O) groups excluding carboxylic acids is 1. The number of hydrogen-bond donors (Lipinski definition) is 0. The molecule has 18 heavy (non-hydrogen) atoms. The number of Topliss-reactive ketones (excluding diaryl/α,β-unsaturated/α-hetero) is 1. The number of ketones is 1. The number of hydrogen-bond acceptors (Lipinski definition) is 2. The number of benzene rings is 1.